The van der Waals surface area contributed by atoms with Gasteiger partial charge in [-0.1, -0.05) is 24.0 Å². The fourth-order valence-electron chi connectivity index (χ4n) is 0.746. The van der Waals surface area contributed by atoms with Crippen LogP contribution in [0.5, 0.6) is 0 Å². The molecule has 0 saturated heterocycles. The van der Waals surface area contributed by atoms with E-state index in [0.717, 1.165) is 0 Å². The predicted octanol–water partition coefficient (Wildman–Crippen LogP) is 0.911. The Labute approximate surface area is 106 Å². The van der Waals surface area contributed by atoms with Crippen LogP contribution in [0.15, 0.2) is 35.2 Å². The summed E-state index contributed by atoms with van der Waals surface area (Å²) in [5.74, 6) is -0.0863. The molecular weight excluding hydrogens is 260 g/mol. The topological polar surface area (TPSA) is 34.1 Å². The Morgan fingerprint density at radius 3 is 2.00 bits per heavy atom. The molecule has 1 aromatic rings. The van der Waals surface area contributed by atoms with E-state index in [0.29, 0.717) is 4.90 Å². The van der Waals surface area contributed by atoms with Gasteiger partial charge in [-0.2, -0.15) is 0 Å². The number of hydrogen-bond acceptors (Lipinski definition) is 2. The van der Waals surface area contributed by atoms with Crippen molar-refractivity contribution in [2.75, 3.05) is 5.75 Å². The van der Waals surface area contributed by atoms with Crippen molar-refractivity contribution in [2.45, 2.75) is 4.90 Å². The van der Waals surface area contributed by atoms with Gasteiger partial charge >= 0.3 is 0 Å². The van der Waals surface area contributed by atoms with Crippen LogP contribution in [0.1, 0.15) is 0 Å². The second-order valence-electron chi connectivity index (χ2n) is 2.13. The Morgan fingerprint density at radius 2 is 1.62 bits per heavy atom. The molecule has 0 amide bonds. The Balaban J connectivity index is 0. The summed E-state index contributed by atoms with van der Waals surface area (Å²) in [6, 6.07) is 8.31. The molecule has 0 spiro atoms. The largest absolute Gasteiger partial charge is 0.328 e. The minimum absolute atomic E-state index is 0. The first-order valence-corrected chi connectivity index (χ1v) is 4.89. The van der Waals surface area contributed by atoms with Gasteiger partial charge in [-0.05, 0) is 12.1 Å². The summed E-state index contributed by atoms with van der Waals surface area (Å²) in [5, 5.41) is 0. The van der Waals surface area contributed by atoms with Crippen molar-refractivity contribution in [1.29, 1.82) is 0 Å². The SMILES string of the molecule is [B].[CH2-]CS(=O)(=O)c1ccccc1.[Y]. The van der Waals surface area contributed by atoms with E-state index in [1.54, 1.807) is 30.3 Å². The summed E-state index contributed by atoms with van der Waals surface area (Å²) in [4.78, 5) is 0.343. The van der Waals surface area contributed by atoms with Gasteiger partial charge < -0.3 is 6.92 Å². The second-order valence-corrected chi connectivity index (χ2v) is 4.24. The third-order valence-electron chi connectivity index (χ3n) is 1.37. The molecule has 0 atom stereocenters. The summed E-state index contributed by atoms with van der Waals surface area (Å²) in [6.45, 7) is 3.35. The summed E-state index contributed by atoms with van der Waals surface area (Å²) in [5.41, 5.74) is 0. The van der Waals surface area contributed by atoms with Crippen LogP contribution in [0.4, 0.5) is 0 Å². The molecule has 66 valence electrons. The van der Waals surface area contributed by atoms with Crippen LogP contribution < -0.4 is 0 Å². The standard InChI is InChI=1S/C8H9O2S.B.Y/c1-2-11(9,10)8-6-4-3-5-7-8;;/h3-7H,1-2H2;;/q-1;;. The molecule has 0 fully saturated rings. The molecule has 0 bridgehead atoms. The molecule has 4 radical (unpaired) electrons. The van der Waals surface area contributed by atoms with E-state index in [2.05, 4.69) is 6.92 Å². The first-order valence-electron chi connectivity index (χ1n) is 3.24. The fourth-order valence-corrected chi connectivity index (χ4v) is 1.55. The smallest absolute Gasteiger partial charge is 0.150 e. The molecule has 2 nitrogen and oxygen atoms in total. The average Bonchev–Trinajstić information content (AvgIpc) is 2.06. The van der Waals surface area contributed by atoms with Crippen LogP contribution >= 0.6 is 0 Å². The molecule has 0 aromatic heterocycles. The van der Waals surface area contributed by atoms with Gasteiger partial charge in [0.05, 0.1) is 4.90 Å². The monoisotopic (exact) mass is 269 g/mol. The Kier molecular flexibility index (Phi) is 8.19. The Hall–Kier alpha value is 0.339. The normalized spacial score (nSPS) is 9.62. The van der Waals surface area contributed by atoms with Crippen LogP contribution in [0.25, 0.3) is 0 Å². The zero-order valence-corrected chi connectivity index (χ0v) is 10.8. The summed E-state index contributed by atoms with van der Waals surface area (Å²) >= 11 is 0. The second kappa shape index (κ2) is 6.74. The molecular formula is C8H9BO2SY-. The maximum absolute atomic E-state index is 11.1. The van der Waals surface area contributed by atoms with Crippen LogP contribution in [-0.2, 0) is 42.5 Å². The fraction of sp³-hybridized carbons (Fsp3) is 0.125. The first-order chi connectivity index (χ1) is 5.17. The Morgan fingerprint density at radius 1 is 1.15 bits per heavy atom. The van der Waals surface area contributed by atoms with Crippen molar-refractivity contribution < 1.29 is 41.1 Å². The van der Waals surface area contributed by atoms with Crippen LogP contribution in [0.2, 0.25) is 0 Å². The molecule has 0 N–H and O–H groups in total. The zero-order valence-electron chi connectivity index (χ0n) is 7.18. The third kappa shape index (κ3) is 4.39. The van der Waals surface area contributed by atoms with Crippen LogP contribution in [-0.4, -0.2) is 22.6 Å². The third-order valence-corrected chi connectivity index (χ3v) is 2.90. The molecule has 0 unspecified atom stereocenters. The number of benzene rings is 1. The van der Waals surface area contributed by atoms with Crippen LogP contribution in [0.3, 0.4) is 0 Å². The van der Waals surface area contributed by atoms with E-state index in [1.165, 1.54) is 0 Å². The van der Waals surface area contributed by atoms with Gasteiger partial charge in [0.2, 0.25) is 0 Å². The first kappa shape index (κ1) is 15.8. The molecule has 0 aliphatic rings. The number of sulfone groups is 1. The van der Waals surface area contributed by atoms with Crippen molar-refractivity contribution in [3.05, 3.63) is 37.3 Å². The number of hydrogen-bond donors (Lipinski definition) is 0. The van der Waals surface area contributed by atoms with E-state index >= 15 is 0 Å². The minimum Gasteiger partial charge on any atom is -0.328 e. The molecule has 5 heteroatoms. The maximum atomic E-state index is 11.1. The van der Waals surface area contributed by atoms with E-state index in [1.807, 2.05) is 0 Å². The molecule has 0 saturated carbocycles. The predicted molar refractivity (Wildman–Crippen MR) is 49.6 cm³/mol. The van der Waals surface area contributed by atoms with Crippen molar-refractivity contribution in [3.63, 3.8) is 0 Å². The van der Waals surface area contributed by atoms with Crippen molar-refractivity contribution in [3.8, 4) is 0 Å². The molecule has 0 aliphatic carbocycles. The van der Waals surface area contributed by atoms with Crippen molar-refractivity contribution in [1.82, 2.24) is 0 Å². The average molecular weight is 269 g/mol. The number of rotatable bonds is 2. The molecule has 1 rings (SSSR count). The van der Waals surface area contributed by atoms with Gasteiger partial charge in [0.1, 0.15) is 0 Å². The van der Waals surface area contributed by atoms with Crippen LogP contribution in [0, 0.1) is 6.92 Å². The van der Waals surface area contributed by atoms with E-state index in [9.17, 15) is 8.42 Å². The summed E-state index contributed by atoms with van der Waals surface area (Å²) in [6.07, 6.45) is 0. The van der Waals surface area contributed by atoms with Gasteiger partial charge in [0, 0.05) is 41.1 Å². The van der Waals surface area contributed by atoms with E-state index in [4.69, 9.17) is 0 Å². The molecule has 0 aliphatic heterocycles. The molecule has 0 heterocycles. The quantitative estimate of drug-likeness (QED) is 0.590. The van der Waals surface area contributed by atoms with Gasteiger partial charge in [0.15, 0.2) is 9.84 Å². The van der Waals surface area contributed by atoms with Crippen molar-refractivity contribution >= 4 is 18.3 Å². The summed E-state index contributed by atoms with van der Waals surface area (Å²) in [7, 11) is -3.11. The van der Waals surface area contributed by atoms with Gasteiger partial charge in [-0.3, -0.25) is 0 Å². The zero-order chi connectivity index (χ0) is 8.32. The molecule has 1 aromatic carbocycles. The van der Waals surface area contributed by atoms with Gasteiger partial charge in [-0.15, -0.1) is 0 Å². The Bertz CT molecular complexity index is 323. The van der Waals surface area contributed by atoms with Crippen molar-refractivity contribution in [2.24, 2.45) is 0 Å². The van der Waals surface area contributed by atoms with E-state index in [-0.39, 0.29) is 46.9 Å². The maximum Gasteiger partial charge on any atom is 0.150 e. The molecule has 13 heavy (non-hydrogen) atoms. The van der Waals surface area contributed by atoms with Gasteiger partial charge in [0.25, 0.3) is 0 Å². The minimum atomic E-state index is -3.11. The van der Waals surface area contributed by atoms with Gasteiger partial charge in [-0.25, -0.2) is 8.42 Å². The summed E-state index contributed by atoms with van der Waals surface area (Å²) < 4.78 is 22.3. The van der Waals surface area contributed by atoms with E-state index < -0.39 is 9.84 Å².